The van der Waals surface area contributed by atoms with E-state index in [1.54, 1.807) is 17.1 Å². The van der Waals surface area contributed by atoms with Crippen molar-refractivity contribution in [1.82, 2.24) is 15.1 Å². The van der Waals surface area contributed by atoms with Crippen LogP contribution in [0, 0.1) is 0 Å². The molecule has 0 radical (unpaired) electrons. The molecular formula is C18H19N3O3. The molecule has 24 heavy (non-hydrogen) atoms. The van der Waals surface area contributed by atoms with E-state index in [-0.39, 0.29) is 18.6 Å². The van der Waals surface area contributed by atoms with E-state index in [9.17, 15) is 4.79 Å². The summed E-state index contributed by atoms with van der Waals surface area (Å²) in [5, 5.41) is 7.09. The van der Waals surface area contributed by atoms with Gasteiger partial charge in [0.05, 0.1) is 12.9 Å². The number of hydrogen-bond donors (Lipinski definition) is 1. The summed E-state index contributed by atoms with van der Waals surface area (Å²) < 4.78 is 12.6. The van der Waals surface area contributed by atoms with Crippen molar-refractivity contribution < 1.29 is 13.9 Å². The molecule has 2 aromatic heterocycles. The van der Waals surface area contributed by atoms with E-state index >= 15 is 0 Å². The van der Waals surface area contributed by atoms with Crippen LogP contribution in [0.3, 0.4) is 0 Å². The fourth-order valence-electron chi connectivity index (χ4n) is 2.37. The summed E-state index contributed by atoms with van der Waals surface area (Å²) in [5.74, 6) is 0.568. The Bertz CT molecular complexity index is 690. The van der Waals surface area contributed by atoms with Crippen LogP contribution < -0.4 is 5.32 Å². The molecule has 2 heterocycles. The van der Waals surface area contributed by atoms with Crippen molar-refractivity contribution in [1.29, 1.82) is 0 Å². The third-order valence-electron chi connectivity index (χ3n) is 3.55. The minimum Gasteiger partial charge on any atom is -0.467 e. The highest BCUT2D eigenvalue weighted by Crippen LogP contribution is 2.17. The molecular weight excluding hydrogens is 306 g/mol. The van der Waals surface area contributed by atoms with Crippen molar-refractivity contribution in [3.05, 3.63) is 78.5 Å². The number of benzene rings is 1. The summed E-state index contributed by atoms with van der Waals surface area (Å²) >= 11 is 0. The summed E-state index contributed by atoms with van der Waals surface area (Å²) in [7, 11) is 0. The molecule has 1 aromatic carbocycles. The molecule has 0 unspecified atom stereocenters. The first kappa shape index (κ1) is 16.0. The molecule has 6 heteroatoms. The quantitative estimate of drug-likeness (QED) is 0.690. The number of ether oxygens (including phenoxy) is 1. The van der Waals surface area contributed by atoms with Crippen LogP contribution in [0.5, 0.6) is 0 Å². The lowest BCUT2D eigenvalue weighted by Crippen LogP contribution is -2.33. The summed E-state index contributed by atoms with van der Waals surface area (Å²) in [5.41, 5.74) is 1.04. The van der Waals surface area contributed by atoms with Crippen molar-refractivity contribution in [3.8, 4) is 0 Å². The highest BCUT2D eigenvalue weighted by molar-refractivity contribution is 5.77. The van der Waals surface area contributed by atoms with Gasteiger partial charge in [-0.2, -0.15) is 5.10 Å². The van der Waals surface area contributed by atoms with Crippen LogP contribution in [-0.2, 0) is 16.1 Å². The average Bonchev–Trinajstić information content (AvgIpc) is 3.30. The van der Waals surface area contributed by atoms with Gasteiger partial charge in [0.15, 0.2) is 0 Å². The van der Waals surface area contributed by atoms with E-state index in [2.05, 4.69) is 10.4 Å². The molecule has 1 N–H and O–H groups in total. The Kier molecular flexibility index (Phi) is 5.42. The smallest absolute Gasteiger partial charge is 0.246 e. The second-order valence-corrected chi connectivity index (χ2v) is 5.30. The summed E-state index contributed by atoms with van der Waals surface area (Å²) in [4.78, 5) is 12.0. The molecule has 0 spiro atoms. The van der Waals surface area contributed by atoms with Crippen molar-refractivity contribution in [2.75, 3.05) is 13.2 Å². The first-order valence-corrected chi connectivity index (χ1v) is 7.74. The van der Waals surface area contributed by atoms with Gasteiger partial charge in [-0.3, -0.25) is 9.48 Å². The van der Waals surface area contributed by atoms with Crippen molar-refractivity contribution in [3.63, 3.8) is 0 Å². The molecule has 3 rings (SSSR count). The fourth-order valence-corrected chi connectivity index (χ4v) is 2.37. The lowest BCUT2D eigenvalue weighted by molar-refractivity contribution is -0.126. The number of carbonyl (C=O) groups is 1. The molecule has 6 nitrogen and oxygen atoms in total. The third-order valence-corrected chi connectivity index (χ3v) is 3.55. The maximum atomic E-state index is 12.0. The zero-order valence-electron chi connectivity index (χ0n) is 13.2. The molecule has 0 aliphatic rings. The van der Waals surface area contributed by atoms with Crippen molar-refractivity contribution >= 4 is 5.91 Å². The van der Waals surface area contributed by atoms with E-state index in [1.807, 2.05) is 54.7 Å². The molecule has 124 valence electrons. The van der Waals surface area contributed by atoms with Gasteiger partial charge in [-0.05, 0) is 23.8 Å². The molecule has 0 saturated carbocycles. The van der Waals surface area contributed by atoms with Gasteiger partial charge in [0, 0.05) is 18.9 Å². The summed E-state index contributed by atoms with van der Waals surface area (Å²) in [6.07, 6.45) is 5.14. The Hall–Kier alpha value is -2.86. The highest BCUT2D eigenvalue weighted by atomic mass is 16.5. The normalized spacial score (nSPS) is 12.0. The minimum absolute atomic E-state index is 0.0128. The van der Waals surface area contributed by atoms with Crippen LogP contribution in [0.1, 0.15) is 17.4 Å². The number of aromatic nitrogens is 2. The molecule has 1 amide bonds. The topological polar surface area (TPSA) is 69.3 Å². The fraction of sp³-hybridized carbons (Fsp3) is 0.222. The first-order chi connectivity index (χ1) is 11.8. The van der Waals surface area contributed by atoms with Gasteiger partial charge in [0.25, 0.3) is 0 Å². The Labute approximate surface area is 140 Å². The van der Waals surface area contributed by atoms with E-state index in [4.69, 9.17) is 9.15 Å². The Balaban J connectivity index is 1.49. The Morgan fingerprint density at radius 2 is 2.08 bits per heavy atom. The SMILES string of the molecule is O=C(COCc1ccccc1)NC[C@H](c1ccco1)n1cccn1. The van der Waals surface area contributed by atoms with Gasteiger partial charge < -0.3 is 14.5 Å². The zero-order chi connectivity index (χ0) is 16.6. The van der Waals surface area contributed by atoms with Crippen LogP contribution in [0.4, 0.5) is 0 Å². The zero-order valence-corrected chi connectivity index (χ0v) is 13.2. The number of carbonyl (C=O) groups excluding carboxylic acids is 1. The monoisotopic (exact) mass is 325 g/mol. The largest absolute Gasteiger partial charge is 0.467 e. The van der Waals surface area contributed by atoms with Gasteiger partial charge in [-0.25, -0.2) is 0 Å². The number of amides is 1. The summed E-state index contributed by atoms with van der Waals surface area (Å²) in [6.45, 7) is 0.802. The number of rotatable bonds is 8. The van der Waals surface area contributed by atoms with Crippen molar-refractivity contribution in [2.24, 2.45) is 0 Å². The molecule has 0 saturated heterocycles. The van der Waals surface area contributed by atoms with Crippen molar-refractivity contribution in [2.45, 2.75) is 12.6 Å². The maximum Gasteiger partial charge on any atom is 0.246 e. The number of hydrogen-bond acceptors (Lipinski definition) is 4. The lowest BCUT2D eigenvalue weighted by atomic mass is 10.2. The van der Waals surface area contributed by atoms with Gasteiger partial charge >= 0.3 is 0 Å². The van der Waals surface area contributed by atoms with E-state index in [1.165, 1.54) is 0 Å². The minimum atomic E-state index is -0.187. The van der Waals surface area contributed by atoms with Gasteiger partial charge in [0.1, 0.15) is 18.4 Å². The predicted molar refractivity (Wildman–Crippen MR) is 88.2 cm³/mol. The van der Waals surface area contributed by atoms with E-state index < -0.39 is 0 Å². The molecule has 0 aliphatic heterocycles. The average molecular weight is 325 g/mol. The van der Waals surface area contributed by atoms with Gasteiger partial charge in [-0.15, -0.1) is 0 Å². The van der Waals surface area contributed by atoms with Crippen LogP contribution in [-0.4, -0.2) is 28.8 Å². The number of furan rings is 1. The van der Waals surface area contributed by atoms with Crippen LogP contribution in [0.15, 0.2) is 71.6 Å². The first-order valence-electron chi connectivity index (χ1n) is 7.74. The van der Waals surface area contributed by atoms with Gasteiger partial charge in [-0.1, -0.05) is 30.3 Å². The van der Waals surface area contributed by atoms with Crippen LogP contribution >= 0.6 is 0 Å². The van der Waals surface area contributed by atoms with Crippen LogP contribution in [0.2, 0.25) is 0 Å². The second kappa shape index (κ2) is 8.12. The summed E-state index contributed by atoms with van der Waals surface area (Å²) in [6, 6.07) is 15.1. The third kappa shape index (κ3) is 4.33. The molecule has 0 bridgehead atoms. The Morgan fingerprint density at radius 3 is 2.79 bits per heavy atom. The maximum absolute atomic E-state index is 12.0. The van der Waals surface area contributed by atoms with Gasteiger partial charge in [0.2, 0.25) is 5.91 Å². The second-order valence-electron chi connectivity index (χ2n) is 5.30. The highest BCUT2D eigenvalue weighted by Gasteiger charge is 2.17. The van der Waals surface area contributed by atoms with E-state index in [0.717, 1.165) is 11.3 Å². The predicted octanol–water partition coefficient (Wildman–Crippen LogP) is 2.40. The van der Waals surface area contributed by atoms with Crippen LogP contribution in [0.25, 0.3) is 0 Å². The standard InChI is InChI=1S/C18H19N3O3/c22-18(14-23-13-15-6-2-1-3-7-15)19-12-16(17-8-4-11-24-17)21-10-5-9-20-21/h1-11,16H,12-14H2,(H,19,22)/t16-/m1/s1. The molecule has 0 fully saturated rings. The van der Waals surface area contributed by atoms with E-state index in [0.29, 0.717) is 13.2 Å². The molecule has 0 aliphatic carbocycles. The molecule has 3 aromatic rings. The molecule has 1 atom stereocenters. The lowest BCUT2D eigenvalue weighted by Gasteiger charge is -2.16. The number of nitrogens with one attached hydrogen (secondary N) is 1. The number of nitrogens with zero attached hydrogens (tertiary/aromatic N) is 2. The Morgan fingerprint density at radius 1 is 1.21 bits per heavy atom.